The predicted octanol–water partition coefficient (Wildman–Crippen LogP) is 4.20. The van der Waals surface area contributed by atoms with Gasteiger partial charge in [-0.05, 0) is 48.0 Å². The first-order valence-electron chi connectivity index (χ1n) is 10.4. The second-order valence-corrected chi connectivity index (χ2v) is 7.48. The molecule has 2 aromatic rings. The molecule has 2 aliphatic heterocycles. The van der Waals surface area contributed by atoms with Gasteiger partial charge < -0.3 is 19.9 Å². The average molecular weight is 415 g/mol. The Labute approximate surface area is 183 Å². The summed E-state index contributed by atoms with van der Waals surface area (Å²) in [5.41, 5.74) is 4.70. The molecule has 0 bridgehead atoms. The molecule has 2 heterocycles. The predicted molar refractivity (Wildman–Crippen MR) is 122 cm³/mol. The van der Waals surface area contributed by atoms with E-state index in [4.69, 9.17) is 9.47 Å². The monoisotopic (exact) mass is 414 g/mol. The van der Waals surface area contributed by atoms with Crippen LogP contribution in [0.3, 0.4) is 0 Å². The Balaban J connectivity index is 1.31. The fraction of sp³-hybridized carbons (Fsp3) is 0.231. The number of ether oxygens (including phenoxy) is 2. The van der Waals surface area contributed by atoms with E-state index in [-0.39, 0.29) is 5.76 Å². The normalized spacial score (nSPS) is 16.5. The zero-order valence-electron chi connectivity index (χ0n) is 17.4. The first kappa shape index (κ1) is 20.8. The van der Waals surface area contributed by atoms with Crippen LogP contribution in [0.25, 0.3) is 0 Å². The number of allylic oxidation sites excluding steroid dienone is 1. The highest BCUT2D eigenvalue weighted by Crippen LogP contribution is 2.19. The Morgan fingerprint density at radius 1 is 0.968 bits per heavy atom. The molecule has 1 fully saturated rings. The average Bonchev–Trinajstić information content (AvgIpc) is 2.81. The van der Waals surface area contributed by atoms with Crippen molar-refractivity contribution in [2.24, 2.45) is 0 Å². The smallest absolute Gasteiger partial charge is 0.164 e. The summed E-state index contributed by atoms with van der Waals surface area (Å²) in [4.78, 5) is 2.41. The molecule has 0 radical (unpaired) electrons. The third-order valence-corrected chi connectivity index (χ3v) is 5.20. The van der Waals surface area contributed by atoms with Crippen LogP contribution in [0.15, 0.2) is 84.5 Å². The Bertz CT molecular complexity index is 1030. The van der Waals surface area contributed by atoms with Crippen LogP contribution < -0.4 is 5.32 Å². The van der Waals surface area contributed by atoms with Gasteiger partial charge in [-0.25, -0.2) is 0 Å². The molecule has 0 spiro atoms. The van der Waals surface area contributed by atoms with Gasteiger partial charge in [-0.2, -0.15) is 0 Å². The molecule has 5 nitrogen and oxygen atoms in total. The number of hydrogen-bond acceptors (Lipinski definition) is 5. The van der Waals surface area contributed by atoms with Gasteiger partial charge in [-0.3, -0.25) is 4.90 Å². The van der Waals surface area contributed by atoms with Gasteiger partial charge in [0.15, 0.2) is 11.5 Å². The summed E-state index contributed by atoms with van der Waals surface area (Å²) in [5.74, 6) is 6.96. The van der Waals surface area contributed by atoms with Crippen molar-refractivity contribution in [2.75, 3.05) is 38.2 Å². The molecule has 31 heavy (non-hydrogen) atoms. The minimum Gasteiger partial charge on any atom is -0.504 e. The molecule has 2 aromatic carbocycles. The topological polar surface area (TPSA) is 54.0 Å². The molecule has 0 atom stereocenters. The van der Waals surface area contributed by atoms with Crippen molar-refractivity contribution in [3.63, 3.8) is 0 Å². The van der Waals surface area contributed by atoms with E-state index in [1.165, 1.54) is 11.8 Å². The fourth-order valence-corrected chi connectivity index (χ4v) is 3.35. The SMILES string of the molecule is C=C1C=COC(CNc2ccc(C#Cc3ccc(CN4CCOCC4)cc3)cc2)=C1O. The van der Waals surface area contributed by atoms with Gasteiger partial charge in [0.2, 0.25) is 0 Å². The first-order chi connectivity index (χ1) is 15.2. The van der Waals surface area contributed by atoms with Crippen LogP contribution in [-0.4, -0.2) is 42.9 Å². The molecule has 0 aliphatic carbocycles. The summed E-state index contributed by atoms with van der Waals surface area (Å²) < 4.78 is 10.7. The van der Waals surface area contributed by atoms with E-state index in [2.05, 4.69) is 52.9 Å². The maximum atomic E-state index is 9.98. The van der Waals surface area contributed by atoms with Crippen LogP contribution in [0.5, 0.6) is 0 Å². The van der Waals surface area contributed by atoms with Gasteiger partial charge in [0.05, 0.1) is 26.0 Å². The van der Waals surface area contributed by atoms with Crippen LogP contribution in [0.4, 0.5) is 5.69 Å². The van der Waals surface area contributed by atoms with Crippen molar-refractivity contribution in [1.29, 1.82) is 0 Å². The third-order valence-electron chi connectivity index (χ3n) is 5.20. The number of anilines is 1. The lowest BCUT2D eigenvalue weighted by Crippen LogP contribution is -2.35. The molecule has 0 aromatic heterocycles. The molecular formula is C26H26N2O3. The number of aliphatic hydroxyl groups excluding tert-OH is 1. The summed E-state index contributed by atoms with van der Waals surface area (Å²) in [6, 6.07) is 16.3. The maximum Gasteiger partial charge on any atom is 0.164 e. The molecular weight excluding hydrogens is 388 g/mol. The van der Waals surface area contributed by atoms with Crippen molar-refractivity contribution in [1.82, 2.24) is 4.90 Å². The second kappa shape index (κ2) is 10.0. The van der Waals surface area contributed by atoms with E-state index in [9.17, 15) is 5.11 Å². The standard InChI is InChI=1S/C26H26N2O3/c1-20-12-15-31-25(26(20)29)18-27-24-10-8-22(9-11-24)3-2-21-4-6-23(7-5-21)19-28-13-16-30-17-14-28/h4-12,15,27,29H,1,13-14,16-19H2. The summed E-state index contributed by atoms with van der Waals surface area (Å²) >= 11 is 0. The number of nitrogens with zero attached hydrogens (tertiary/aromatic N) is 1. The maximum absolute atomic E-state index is 9.98. The van der Waals surface area contributed by atoms with Crippen LogP contribution in [-0.2, 0) is 16.0 Å². The molecule has 1 saturated heterocycles. The van der Waals surface area contributed by atoms with Gasteiger partial charge >= 0.3 is 0 Å². The molecule has 5 heteroatoms. The first-order valence-corrected chi connectivity index (χ1v) is 10.4. The van der Waals surface area contributed by atoms with Gasteiger partial charge in [-0.15, -0.1) is 0 Å². The highest BCUT2D eigenvalue weighted by Gasteiger charge is 2.12. The molecule has 4 rings (SSSR count). The summed E-state index contributed by atoms with van der Waals surface area (Å²) in [6.45, 7) is 8.71. The van der Waals surface area contributed by atoms with Gasteiger partial charge in [0.25, 0.3) is 0 Å². The third kappa shape index (κ3) is 5.79. The van der Waals surface area contributed by atoms with Crippen LogP contribution in [0, 0.1) is 11.8 Å². The lowest BCUT2D eigenvalue weighted by atomic mass is 10.1. The van der Waals surface area contributed by atoms with E-state index < -0.39 is 0 Å². The van der Waals surface area contributed by atoms with E-state index in [1.54, 1.807) is 6.08 Å². The molecule has 0 unspecified atom stereocenters. The summed E-state index contributed by atoms with van der Waals surface area (Å²) in [5, 5.41) is 13.2. The van der Waals surface area contributed by atoms with Crippen molar-refractivity contribution in [2.45, 2.75) is 6.54 Å². The Kier molecular flexibility index (Phi) is 6.73. The Morgan fingerprint density at radius 3 is 2.29 bits per heavy atom. The van der Waals surface area contributed by atoms with Crippen molar-refractivity contribution < 1.29 is 14.6 Å². The van der Waals surface area contributed by atoms with E-state index in [0.29, 0.717) is 17.9 Å². The van der Waals surface area contributed by atoms with Crippen molar-refractivity contribution in [3.8, 4) is 11.8 Å². The minimum absolute atomic E-state index is 0.0773. The number of hydrogen-bond donors (Lipinski definition) is 2. The van der Waals surface area contributed by atoms with Crippen LogP contribution in [0.1, 0.15) is 16.7 Å². The fourth-order valence-electron chi connectivity index (χ4n) is 3.35. The molecule has 0 saturated carbocycles. The second-order valence-electron chi connectivity index (χ2n) is 7.48. The van der Waals surface area contributed by atoms with E-state index in [1.807, 2.05) is 24.3 Å². The zero-order valence-corrected chi connectivity index (χ0v) is 17.4. The number of aliphatic hydroxyl groups is 1. The van der Waals surface area contributed by atoms with E-state index >= 15 is 0 Å². The number of benzene rings is 2. The number of nitrogens with one attached hydrogen (secondary N) is 1. The minimum atomic E-state index is 0.0773. The lowest BCUT2D eigenvalue weighted by molar-refractivity contribution is 0.0342. The van der Waals surface area contributed by atoms with E-state index in [0.717, 1.165) is 49.7 Å². The van der Waals surface area contributed by atoms with Gasteiger partial charge in [-0.1, -0.05) is 30.6 Å². The number of rotatable bonds is 5. The largest absolute Gasteiger partial charge is 0.504 e. The molecule has 2 aliphatic rings. The quantitative estimate of drug-likeness (QED) is 0.719. The Hall–Kier alpha value is -3.46. The van der Waals surface area contributed by atoms with Crippen molar-refractivity contribution in [3.05, 3.63) is 101 Å². The van der Waals surface area contributed by atoms with Crippen LogP contribution in [0.2, 0.25) is 0 Å². The molecule has 158 valence electrons. The molecule has 0 amide bonds. The lowest BCUT2D eigenvalue weighted by Gasteiger charge is -2.26. The summed E-state index contributed by atoms with van der Waals surface area (Å²) in [6.07, 6.45) is 3.15. The van der Waals surface area contributed by atoms with Crippen LogP contribution >= 0.6 is 0 Å². The van der Waals surface area contributed by atoms with Gasteiger partial charge in [0.1, 0.15) is 0 Å². The molecule has 2 N–H and O–H groups in total. The highest BCUT2D eigenvalue weighted by atomic mass is 16.5. The highest BCUT2D eigenvalue weighted by molar-refractivity contribution is 5.51. The van der Waals surface area contributed by atoms with Gasteiger partial charge in [0, 0.05) is 42.0 Å². The van der Waals surface area contributed by atoms with Crippen molar-refractivity contribution >= 4 is 5.69 Å². The zero-order chi connectivity index (χ0) is 21.5. The number of morpholine rings is 1. The summed E-state index contributed by atoms with van der Waals surface area (Å²) in [7, 11) is 0. The Morgan fingerprint density at radius 2 is 1.61 bits per heavy atom.